The number of hydrogen-bond acceptors (Lipinski definition) is 9. The number of benzene rings is 2. The fraction of sp³-hybridized carbons (Fsp3) is 0.435. The highest BCUT2D eigenvalue weighted by atomic mass is 32.2. The minimum Gasteiger partial charge on any atom is -0.492 e. The van der Waals surface area contributed by atoms with E-state index in [0.29, 0.717) is 19.0 Å². The highest BCUT2D eigenvalue weighted by molar-refractivity contribution is 7.92. The Morgan fingerprint density at radius 1 is 1.16 bits per heavy atom. The van der Waals surface area contributed by atoms with Gasteiger partial charge in [0.05, 0.1) is 41.5 Å². The van der Waals surface area contributed by atoms with Crippen molar-refractivity contribution in [3.63, 3.8) is 0 Å². The van der Waals surface area contributed by atoms with Crippen molar-refractivity contribution in [1.82, 2.24) is 9.62 Å². The molecule has 0 aliphatic carbocycles. The van der Waals surface area contributed by atoms with Gasteiger partial charge in [-0.05, 0) is 36.8 Å². The number of ether oxygens (including phenoxy) is 2. The Bertz CT molecular complexity index is 1340. The number of hydrogen-bond donors (Lipinski definition) is 1. The van der Waals surface area contributed by atoms with Crippen LogP contribution in [0.2, 0.25) is 0 Å². The van der Waals surface area contributed by atoms with Crippen LogP contribution < -0.4 is 14.4 Å². The largest absolute Gasteiger partial charge is 0.492 e. The molecule has 208 valence electrons. The molecule has 1 N–H and O–H groups in total. The first kappa shape index (κ1) is 29.3. The second-order valence-corrected chi connectivity index (χ2v) is 12.2. The summed E-state index contributed by atoms with van der Waals surface area (Å²) in [5.41, 5.74) is -0.296. The molecule has 1 fully saturated rings. The van der Waals surface area contributed by atoms with Gasteiger partial charge < -0.3 is 14.8 Å². The molecule has 2 aromatic rings. The minimum atomic E-state index is -3.96. The SMILES string of the molecule is CC[C@@H](C(=O)NCCOc1ccc(S(=O)(=O)N2CCOCC2)cc1)N(c1cccc([N+](=O)[O-])c1)S(C)(=O)=O. The Morgan fingerprint density at radius 2 is 1.82 bits per heavy atom. The second kappa shape index (κ2) is 12.5. The third-order valence-corrected chi connectivity index (χ3v) is 8.82. The van der Waals surface area contributed by atoms with Gasteiger partial charge in [-0.3, -0.25) is 19.2 Å². The molecule has 0 unspecified atom stereocenters. The number of carbonyl (C=O) groups is 1. The van der Waals surface area contributed by atoms with Gasteiger partial charge in [0.25, 0.3) is 5.69 Å². The lowest BCUT2D eigenvalue weighted by molar-refractivity contribution is -0.384. The molecule has 0 bridgehead atoms. The molecule has 1 atom stereocenters. The predicted molar refractivity (Wildman–Crippen MR) is 139 cm³/mol. The Labute approximate surface area is 221 Å². The van der Waals surface area contributed by atoms with Gasteiger partial charge in [0.1, 0.15) is 18.4 Å². The van der Waals surface area contributed by atoms with E-state index in [2.05, 4.69) is 5.32 Å². The molecule has 0 aromatic heterocycles. The van der Waals surface area contributed by atoms with Crippen molar-refractivity contribution in [2.24, 2.45) is 0 Å². The van der Waals surface area contributed by atoms with Crippen LogP contribution in [0.3, 0.4) is 0 Å². The maximum atomic E-state index is 12.9. The lowest BCUT2D eigenvalue weighted by Gasteiger charge is -2.30. The molecule has 0 spiro atoms. The lowest BCUT2D eigenvalue weighted by atomic mass is 10.2. The summed E-state index contributed by atoms with van der Waals surface area (Å²) in [6.45, 7) is 2.97. The number of nitro benzene ring substituents is 1. The number of carbonyl (C=O) groups excluding carboxylic acids is 1. The maximum absolute atomic E-state index is 12.9. The molecular weight excluding hydrogens is 540 g/mol. The quantitative estimate of drug-likeness (QED) is 0.225. The monoisotopic (exact) mass is 570 g/mol. The Morgan fingerprint density at radius 3 is 2.39 bits per heavy atom. The number of morpholine rings is 1. The first-order valence-electron chi connectivity index (χ1n) is 11.8. The van der Waals surface area contributed by atoms with E-state index in [0.717, 1.165) is 16.6 Å². The van der Waals surface area contributed by atoms with Crippen LogP contribution >= 0.6 is 0 Å². The summed E-state index contributed by atoms with van der Waals surface area (Å²) in [7, 11) is -7.58. The van der Waals surface area contributed by atoms with Gasteiger partial charge in [-0.1, -0.05) is 13.0 Å². The molecule has 15 heteroatoms. The molecule has 0 radical (unpaired) electrons. The van der Waals surface area contributed by atoms with Gasteiger partial charge in [0, 0.05) is 25.2 Å². The molecule has 1 saturated heterocycles. The normalized spacial score (nSPS) is 15.4. The smallest absolute Gasteiger partial charge is 0.271 e. The van der Waals surface area contributed by atoms with Gasteiger partial charge in [-0.2, -0.15) is 4.31 Å². The van der Waals surface area contributed by atoms with Crippen LogP contribution in [0.15, 0.2) is 53.4 Å². The fourth-order valence-corrected chi connectivity index (χ4v) is 6.52. The number of rotatable bonds is 12. The van der Waals surface area contributed by atoms with Gasteiger partial charge in [0.2, 0.25) is 26.0 Å². The van der Waals surface area contributed by atoms with E-state index < -0.39 is 36.9 Å². The summed E-state index contributed by atoms with van der Waals surface area (Å²) in [5.74, 6) is -0.207. The van der Waals surface area contributed by atoms with E-state index in [1.54, 1.807) is 6.92 Å². The number of non-ortho nitro benzene ring substituents is 1. The van der Waals surface area contributed by atoms with Crippen molar-refractivity contribution < 1.29 is 36.0 Å². The summed E-state index contributed by atoms with van der Waals surface area (Å²) in [4.78, 5) is 23.5. The van der Waals surface area contributed by atoms with Gasteiger partial charge in [0.15, 0.2) is 0 Å². The first-order chi connectivity index (χ1) is 17.9. The number of nitro groups is 1. The van der Waals surface area contributed by atoms with Crippen LogP contribution in [0.25, 0.3) is 0 Å². The summed E-state index contributed by atoms with van der Waals surface area (Å²) in [6, 6.07) is 9.82. The zero-order chi connectivity index (χ0) is 27.9. The Kier molecular flexibility index (Phi) is 9.65. The first-order valence-corrected chi connectivity index (χ1v) is 15.1. The molecule has 1 aliphatic rings. The van der Waals surface area contributed by atoms with Crippen molar-refractivity contribution in [1.29, 1.82) is 0 Å². The van der Waals surface area contributed by atoms with Crippen LogP contribution in [0.5, 0.6) is 5.75 Å². The zero-order valence-corrected chi connectivity index (χ0v) is 22.6. The third-order valence-electron chi connectivity index (χ3n) is 5.73. The van der Waals surface area contributed by atoms with E-state index >= 15 is 0 Å². The second-order valence-electron chi connectivity index (χ2n) is 8.39. The van der Waals surface area contributed by atoms with E-state index in [-0.39, 0.29) is 48.9 Å². The summed E-state index contributed by atoms with van der Waals surface area (Å²) >= 11 is 0. The number of amides is 1. The third kappa shape index (κ3) is 7.18. The van der Waals surface area contributed by atoms with Crippen molar-refractivity contribution >= 4 is 37.3 Å². The van der Waals surface area contributed by atoms with Crippen molar-refractivity contribution in [3.05, 3.63) is 58.6 Å². The number of anilines is 1. The van der Waals surface area contributed by atoms with E-state index in [1.165, 1.54) is 46.8 Å². The predicted octanol–water partition coefficient (Wildman–Crippen LogP) is 1.36. The van der Waals surface area contributed by atoms with Crippen LogP contribution in [0, 0.1) is 10.1 Å². The highest BCUT2D eigenvalue weighted by Gasteiger charge is 2.32. The summed E-state index contributed by atoms with van der Waals surface area (Å²) < 4.78 is 63.5. The average Bonchev–Trinajstić information content (AvgIpc) is 2.89. The van der Waals surface area contributed by atoms with Gasteiger partial charge >= 0.3 is 0 Å². The summed E-state index contributed by atoms with van der Waals surface area (Å²) in [6.07, 6.45) is 1.04. The van der Waals surface area contributed by atoms with Gasteiger partial charge in [-0.25, -0.2) is 16.8 Å². The Hall–Kier alpha value is -3.27. The van der Waals surface area contributed by atoms with Gasteiger partial charge in [-0.15, -0.1) is 0 Å². The molecule has 1 heterocycles. The fourth-order valence-electron chi connectivity index (χ4n) is 3.91. The van der Waals surface area contributed by atoms with E-state index in [1.807, 2.05) is 0 Å². The average molecular weight is 571 g/mol. The molecule has 3 rings (SSSR count). The zero-order valence-electron chi connectivity index (χ0n) is 21.0. The molecule has 1 amide bonds. The van der Waals surface area contributed by atoms with Crippen LogP contribution in [-0.2, 0) is 29.6 Å². The molecule has 38 heavy (non-hydrogen) atoms. The molecule has 13 nitrogen and oxygen atoms in total. The van der Waals surface area contributed by atoms with Crippen LogP contribution in [0.1, 0.15) is 13.3 Å². The standard InChI is InChI=1S/C23H30N4O9S2/c1-3-22(26(37(2,31)32)18-5-4-6-19(17-18)27(29)30)23(28)24-11-14-36-20-7-9-21(10-8-20)38(33,34)25-12-15-35-16-13-25/h4-10,17,22H,3,11-16H2,1-2H3,(H,24,28)/t22-/m0/s1. The lowest BCUT2D eigenvalue weighted by Crippen LogP contribution is -2.50. The van der Waals surface area contributed by atoms with Crippen molar-refractivity contribution in [3.8, 4) is 5.75 Å². The number of nitrogens with zero attached hydrogens (tertiary/aromatic N) is 3. The summed E-state index contributed by atoms with van der Waals surface area (Å²) in [5, 5.41) is 13.8. The van der Waals surface area contributed by atoms with Crippen molar-refractivity contribution in [2.75, 3.05) is 50.0 Å². The topological polar surface area (TPSA) is 165 Å². The molecule has 2 aromatic carbocycles. The van der Waals surface area contributed by atoms with E-state index in [4.69, 9.17) is 9.47 Å². The number of nitrogens with one attached hydrogen (secondary N) is 1. The Balaban J connectivity index is 1.60. The van der Waals surface area contributed by atoms with Crippen molar-refractivity contribution in [2.45, 2.75) is 24.3 Å². The molecular formula is C23H30N4O9S2. The molecule has 1 aliphatic heterocycles. The highest BCUT2D eigenvalue weighted by Crippen LogP contribution is 2.26. The maximum Gasteiger partial charge on any atom is 0.271 e. The number of sulfonamides is 2. The van der Waals surface area contributed by atoms with Crippen LogP contribution in [0.4, 0.5) is 11.4 Å². The van der Waals surface area contributed by atoms with E-state index in [9.17, 15) is 31.7 Å². The molecule has 0 saturated carbocycles. The van der Waals surface area contributed by atoms with Crippen LogP contribution in [-0.4, -0.2) is 83.7 Å². The minimum absolute atomic E-state index is 0.00655.